The van der Waals surface area contributed by atoms with E-state index in [0.29, 0.717) is 17.9 Å². The minimum atomic E-state index is 0.0106. The maximum Gasteiger partial charge on any atom is 0.258 e. The Balaban J connectivity index is 1.91. The van der Waals surface area contributed by atoms with E-state index in [-0.39, 0.29) is 11.9 Å². The summed E-state index contributed by atoms with van der Waals surface area (Å²) in [5, 5.41) is 0. The van der Waals surface area contributed by atoms with Crippen LogP contribution in [0.4, 0.5) is 0 Å². The lowest BCUT2D eigenvalue weighted by Crippen LogP contribution is -2.39. The monoisotopic (exact) mass is 311 g/mol. The second kappa shape index (κ2) is 6.32. The molecule has 0 saturated carbocycles. The van der Waals surface area contributed by atoms with Gasteiger partial charge in [0.1, 0.15) is 11.5 Å². The molecule has 4 heteroatoms. The zero-order valence-electron chi connectivity index (χ0n) is 13.7. The smallest absolute Gasteiger partial charge is 0.258 e. The maximum atomic E-state index is 12.9. The Labute approximate surface area is 136 Å². The van der Waals surface area contributed by atoms with Crippen LogP contribution < -0.4 is 9.47 Å². The summed E-state index contributed by atoms with van der Waals surface area (Å²) in [6.45, 7) is 2.76. The molecule has 0 N–H and O–H groups in total. The van der Waals surface area contributed by atoms with E-state index < -0.39 is 0 Å². The van der Waals surface area contributed by atoms with Gasteiger partial charge in [-0.1, -0.05) is 18.2 Å². The summed E-state index contributed by atoms with van der Waals surface area (Å²) in [7, 11) is 3.26. The van der Waals surface area contributed by atoms with Crippen LogP contribution in [-0.2, 0) is 6.42 Å². The molecular formula is C19H21NO3. The number of hydrogen-bond donors (Lipinski definition) is 0. The van der Waals surface area contributed by atoms with Crippen LogP contribution in [0, 0.1) is 0 Å². The second-order valence-electron chi connectivity index (χ2n) is 5.69. The first-order valence-electron chi connectivity index (χ1n) is 7.76. The lowest BCUT2D eigenvalue weighted by Gasteiger charge is -2.35. The normalized spacial score (nSPS) is 16.7. The van der Waals surface area contributed by atoms with Crippen LogP contribution in [0.3, 0.4) is 0 Å². The van der Waals surface area contributed by atoms with Crippen molar-refractivity contribution in [2.75, 3.05) is 20.8 Å². The SMILES string of the molecule is COc1ccc2c(c1)CCN(C(=O)c1ccccc1OC)C2C. The van der Waals surface area contributed by atoms with Crippen molar-refractivity contribution in [3.05, 3.63) is 59.2 Å². The Morgan fingerprint density at radius 1 is 1.13 bits per heavy atom. The fraction of sp³-hybridized carbons (Fsp3) is 0.316. The predicted molar refractivity (Wildman–Crippen MR) is 89.1 cm³/mol. The number of fused-ring (bicyclic) bond motifs is 1. The molecule has 0 aromatic heterocycles. The van der Waals surface area contributed by atoms with Crippen molar-refractivity contribution in [3.63, 3.8) is 0 Å². The number of amides is 1. The van der Waals surface area contributed by atoms with Crippen LogP contribution >= 0.6 is 0 Å². The Bertz CT molecular complexity index is 726. The number of nitrogens with zero attached hydrogens (tertiary/aromatic N) is 1. The average Bonchev–Trinajstić information content (AvgIpc) is 2.61. The first-order valence-corrected chi connectivity index (χ1v) is 7.76. The summed E-state index contributed by atoms with van der Waals surface area (Å²) >= 11 is 0. The number of carbonyl (C=O) groups excluding carboxylic acids is 1. The van der Waals surface area contributed by atoms with Crippen LogP contribution in [0.2, 0.25) is 0 Å². The van der Waals surface area contributed by atoms with Gasteiger partial charge >= 0.3 is 0 Å². The molecule has 0 aliphatic carbocycles. The highest BCUT2D eigenvalue weighted by Gasteiger charge is 2.29. The third kappa shape index (κ3) is 2.77. The van der Waals surface area contributed by atoms with E-state index in [9.17, 15) is 4.79 Å². The van der Waals surface area contributed by atoms with Crippen molar-refractivity contribution >= 4 is 5.91 Å². The highest BCUT2D eigenvalue weighted by Crippen LogP contribution is 2.33. The molecule has 1 aliphatic rings. The van der Waals surface area contributed by atoms with Gasteiger partial charge in [-0.2, -0.15) is 0 Å². The quantitative estimate of drug-likeness (QED) is 0.871. The number of ether oxygens (including phenoxy) is 2. The molecule has 0 spiro atoms. The van der Waals surface area contributed by atoms with Crippen LogP contribution in [0.1, 0.15) is 34.5 Å². The summed E-state index contributed by atoms with van der Waals surface area (Å²) in [5.74, 6) is 1.49. The number of carbonyl (C=O) groups is 1. The summed E-state index contributed by atoms with van der Waals surface area (Å²) in [6, 6.07) is 13.5. The fourth-order valence-corrected chi connectivity index (χ4v) is 3.19. The topological polar surface area (TPSA) is 38.8 Å². The number of rotatable bonds is 3. The molecule has 1 unspecified atom stereocenters. The molecule has 0 saturated heterocycles. The van der Waals surface area contributed by atoms with Gasteiger partial charge in [-0.25, -0.2) is 0 Å². The van der Waals surface area contributed by atoms with Crippen molar-refractivity contribution < 1.29 is 14.3 Å². The largest absolute Gasteiger partial charge is 0.497 e. The molecule has 1 atom stereocenters. The molecule has 2 aromatic carbocycles. The molecule has 0 fully saturated rings. The molecule has 23 heavy (non-hydrogen) atoms. The maximum absolute atomic E-state index is 12.9. The summed E-state index contributed by atoms with van der Waals surface area (Å²) in [5.41, 5.74) is 3.04. The fourth-order valence-electron chi connectivity index (χ4n) is 3.19. The van der Waals surface area contributed by atoms with Gasteiger partial charge in [-0.3, -0.25) is 4.79 Å². The van der Waals surface area contributed by atoms with Gasteiger partial charge in [-0.05, 0) is 48.7 Å². The molecule has 1 amide bonds. The van der Waals surface area contributed by atoms with Crippen LogP contribution in [0.15, 0.2) is 42.5 Å². The summed E-state index contributed by atoms with van der Waals surface area (Å²) < 4.78 is 10.6. The minimum absolute atomic E-state index is 0.0106. The van der Waals surface area contributed by atoms with E-state index in [1.165, 1.54) is 11.1 Å². The Morgan fingerprint density at radius 3 is 2.65 bits per heavy atom. The van der Waals surface area contributed by atoms with Gasteiger partial charge in [0.15, 0.2) is 0 Å². The molecule has 4 nitrogen and oxygen atoms in total. The highest BCUT2D eigenvalue weighted by molar-refractivity contribution is 5.97. The van der Waals surface area contributed by atoms with Crippen LogP contribution in [-0.4, -0.2) is 31.6 Å². The third-order valence-electron chi connectivity index (χ3n) is 4.49. The van der Waals surface area contributed by atoms with Gasteiger partial charge in [-0.15, -0.1) is 0 Å². The number of benzene rings is 2. The third-order valence-corrected chi connectivity index (χ3v) is 4.49. The highest BCUT2D eigenvalue weighted by atomic mass is 16.5. The zero-order chi connectivity index (χ0) is 16.4. The van der Waals surface area contributed by atoms with Gasteiger partial charge in [0.25, 0.3) is 5.91 Å². The Hall–Kier alpha value is -2.49. The summed E-state index contributed by atoms with van der Waals surface area (Å²) in [6.07, 6.45) is 0.831. The van der Waals surface area contributed by atoms with Gasteiger partial charge in [0.2, 0.25) is 0 Å². The second-order valence-corrected chi connectivity index (χ2v) is 5.69. The van der Waals surface area contributed by atoms with Crippen molar-refractivity contribution in [3.8, 4) is 11.5 Å². The molecule has 3 rings (SSSR count). The van der Waals surface area contributed by atoms with Crippen molar-refractivity contribution in [1.29, 1.82) is 0 Å². The van der Waals surface area contributed by atoms with Crippen molar-refractivity contribution in [2.24, 2.45) is 0 Å². The van der Waals surface area contributed by atoms with E-state index in [2.05, 4.69) is 19.1 Å². The minimum Gasteiger partial charge on any atom is -0.497 e. The predicted octanol–water partition coefficient (Wildman–Crippen LogP) is 3.46. The Morgan fingerprint density at radius 2 is 1.91 bits per heavy atom. The molecule has 0 bridgehead atoms. The average molecular weight is 311 g/mol. The summed E-state index contributed by atoms with van der Waals surface area (Å²) in [4.78, 5) is 14.9. The first kappa shape index (κ1) is 15.4. The van der Waals surface area contributed by atoms with E-state index in [1.807, 2.05) is 35.2 Å². The first-order chi connectivity index (χ1) is 11.2. The Kier molecular flexibility index (Phi) is 4.24. The zero-order valence-corrected chi connectivity index (χ0v) is 13.7. The van der Waals surface area contributed by atoms with Crippen molar-refractivity contribution in [1.82, 2.24) is 4.90 Å². The molecular weight excluding hydrogens is 290 g/mol. The van der Waals surface area contributed by atoms with E-state index in [4.69, 9.17) is 9.47 Å². The van der Waals surface area contributed by atoms with Crippen LogP contribution in [0.5, 0.6) is 11.5 Å². The van der Waals surface area contributed by atoms with E-state index in [1.54, 1.807) is 14.2 Å². The van der Waals surface area contributed by atoms with Gasteiger partial charge in [0, 0.05) is 6.54 Å². The van der Waals surface area contributed by atoms with Gasteiger partial charge in [0.05, 0.1) is 25.8 Å². The number of hydrogen-bond acceptors (Lipinski definition) is 3. The van der Waals surface area contributed by atoms with E-state index >= 15 is 0 Å². The molecule has 1 heterocycles. The molecule has 1 aliphatic heterocycles. The molecule has 2 aromatic rings. The standard InChI is InChI=1S/C19H21NO3/c1-13-16-9-8-15(22-2)12-14(16)10-11-20(13)19(21)17-6-4-5-7-18(17)23-3/h4-9,12-13H,10-11H2,1-3H3. The van der Waals surface area contributed by atoms with Gasteiger partial charge < -0.3 is 14.4 Å². The molecule has 120 valence electrons. The molecule has 0 radical (unpaired) electrons. The number of para-hydroxylation sites is 1. The lowest BCUT2D eigenvalue weighted by atomic mass is 9.92. The van der Waals surface area contributed by atoms with Crippen molar-refractivity contribution in [2.45, 2.75) is 19.4 Å². The van der Waals surface area contributed by atoms with Crippen LogP contribution in [0.25, 0.3) is 0 Å². The lowest BCUT2D eigenvalue weighted by molar-refractivity contribution is 0.0674. The van der Waals surface area contributed by atoms with E-state index in [0.717, 1.165) is 12.2 Å². The number of methoxy groups -OCH3 is 2.